The topological polar surface area (TPSA) is 25.8 Å². The summed E-state index contributed by atoms with van der Waals surface area (Å²) >= 11 is 1.69. The van der Waals surface area contributed by atoms with Gasteiger partial charge in [-0.05, 0) is 24.3 Å². The molecule has 2 heterocycles. The minimum Gasteiger partial charge on any atom is -0.254 e. The highest BCUT2D eigenvalue weighted by molar-refractivity contribution is 7.21. The molecule has 0 aliphatic rings. The van der Waals surface area contributed by atoms with Gasteiger partial charge in [-0.3, -0.25) is 4.98 Å². The minimum atomic E-state index is 1.01. The molecule has 0 aliphatic heterocycles. The van der Waals surface area contributed by atoms with Crippen LogP contribution in [-0.2, 0) is 0 Å². The Balaban J connectivity index is 2.21. The van der Waals surface area contributed by atoms with Gasteiger partial charge in [-0.15, -0.1) is 11.3 Å². The van der Waals surface area contributed by atoms with Crippen molar-refractivity contribution in [3.8, 4) is 10.6 Å². The zero-order valence-electron chi connectivity index (χ0n) is 7.84. The summed E-state index contributed by atoms with van der Waals surface area (Å²) in [6, 6.07) is 11.9. The molecule has 0 amide bonds. The molecule has 1 radical (unpaired) electrons. The summed E-state index contributed by atoms with van der Waals surface area (Å²) in [5.41, 5.74) is 2.10. The predicted molar refractivity (Wildman–Crippen MR) is 61.7 cm³/mol. The fraction of sp³-hybridized carbons (Fsp3) is 0. The van der Waals surface area contributed by atoms with Gasteiger partial charge in [-0.25, -0.2) is 4.98 Å². The molecule has 3 aromatic rings. The van der Waals surface area contributed by atoms with Gasteiger partial charge in [-0.1, -0.05) is 12.1 Å². The van der Waals surface area contributed by atoms with Crippen LogP contribution in [0.2, 0.25) is 0 Å². The van der Waals surface area contributed by atoms with Crippen molar-refractivity contribution in [3.05, 3.63) is 48.8 Å². The average Bonchev–Trinajstić information content (AvgIpc) is 2.74. The van der Waals surface area contributed by atoms with E-state index in [1.807, 2.05) is 24.3 Å². The number of thiazole rings is 1. The lowest BCUT2D eigenvalue weighted by atomic mass is 10.3. The van der Waals surface area contributed by atoms with Crippen LogP contribution in [0.4, 0.5) is 0 Å². The SMILES string of the molecule is [c]1ccc(-c2nc3ccccc3s2)cn1. The number of fused-ring (bicyclic) bond motifs is 1. The van der Waals surface area contributed by atoms with Crippen molar-refractivity contribution >= 4 is 21.6 Å². The van der Waals surface area contributed by atoms with Crippen molar-refractivity contribution in [1.82, 2.24) is 9.97 Å². The number of rotatable bonds is 1. The molecule has 0 aliphatic carbocycles. The monoisotopic (exact) mass is 211 g/mol. The van der Waals surface area contributed by atoms with Crippen molar-refractivity contribution < 1.29 is 0 Å². The third kappa shape index (κ3) is 1.51. The Kier molecular flexibility index (Phi) is 1.96. The van der Waals surface area contributed by atoms with Crippen LogP contribution in [0.1, 0.15) is 0 Å². The second-order valence-electron chi connectivity index (χ2n) is 3.16. The van der Waals surface area contributed by atoms with E-state index in [2.05, 4.69) is 22.2 Å². The first-order chi connectivity index (χ1) is 7.43. The van der Waals surface area contributed by atoms with Crippen LogP contribution in [0.15, 0.2) is 42.6 Å². The molecule has 2 aromatic heterocycles. The van der Waals surface area contributed by atoms with E-state index in [-0.39, 0.29) is 0 Å². The Morgan fingerprint density at radius 3 is 2.87 bits per heavy atom. The first kappa shape index (κ1) is 8.56. The number of hydrogen-bond acceptors (Lipinski definition) is 3. The largest absolute Gasteiger partial charge is 0.254 e. The van der Waals surface area contributed by atoms with E-state index in [1.54, 1.807) is 23.6 Å². The van der Waals surface area contributed by atoms with E-state index in [1.165, 1.54) is 4.70 Å². The van der Waals surface area contributed by atoms with E-state index >= 15 is 0 Å². The lowest BCUT2D eigenvalue weighted by Gasteiger charge is -1.91. The molecule has 2 nitrogen and oxygen atoms in total. The molecule has 0 bridgehead atoms. The van der Waals surface area contributed by atoms with Crippen LogP contribution >= 0.6 is 11.3 Å². The average molecular weight is 211 g/mol. The van der Waals surface area contributed by atoms with E-state index in [0.717, 1.165) is 16.1 Å². The van der Waals surface area contributed by atoms with Crippen molar-refractivity contribution in [2.75, 3.05) is 0 Å². The second-order valence-corrected chi connectivity index (χ2v) is 4.19. The van der Waals surface area contributed by atoms with Crippen LogP contribution in [0.3, 0.4) is 0 Å². The Hall–Kier alpha value is -1.74. The van der Waals surface area contributed by atoms with E-state index < -0.39 is 0 Å². The fourth-order valence-corrected chi connectivity index (χ4v) is 2.40. The summed E-state index contributed by atoms with van der Waals surface area (Å²) in [7, 11) is 0. The van der Waals surface area contributed by atoms with Gasteiger partial charge in [0.05, 0.1) is 16.4 Å². The minimum absolute atomic E-state index is 1.01. The molecule has 0 N–H and O–H groups in total. The smallest absolute Gasteiger partial charge is 0.126 e. The van der Waals surface area contributed by atoms with Crippen LogP contribution in [0.5, 0.6) is 0 Å². The lowest BCUT2D eigenvalue weighted by molar-refractivity contribution is 1.31. The Morgan fingerprint density at radius 1 is 1.13 bits per heavy atom. The molecule has 0 atom stereocenters. The molecule has 3 heteroatoms. The molecule has 0 fully saturated rings. The van der Waals surface area contributed by atoms with Crippen molar-refractivity contribution in [2.24, 2.45) is 0 Å². The summed E-state index contributed by atoms with van der Waals surface area (Å²) in [6.07, 6.45) is 4.55. The molecule has 0 spiro atoms. The molecular weight excluding hydrogens is 204 g/mol. The summed E-state index contributed by atoms with van der Waals surface area (Å²) in [6.45, 7) is 0. The van der Waals surface area contributed by atoms with Crippen molar-refractivity contribution in [1.29, 1.82) is 0 Å². The summed E-state index contributed by atoms with van der Waals surface area (Å²) < 4.78 is 1.21. The Bertz CT molecular complexity index is 554. The van der Waals surface area contributed by atoms with Gasteiger partial charge in [0.25, 0.3) is 0 Å². The summed E-state index contributed by atoms with van der Waals surface area (Å²) in [4.78, 5) is 8.52. The Labute approximate surface area is 91.2 Å². The van der Waals surface area contributed by atoms with Gasteiger partial charge in [-0.2, -0.15) is 0 Å². The molecule has 0 saturated heterocycles. The normalized spacial score (nSPS) is 10.7. The standard InChI is InChI=1S/C12H7N2S/c1-2-6-11-10(5-1)14-12(15-11)9-4-3-7-13-8-9/h1-6,8H. The maximum atomic E-state index is 4.55. The molecule has 0 unspecified atom stereocenters. The summed E-state index contributed by atoms with van der Waals surface area (Å²) in [5.74, 6) is 0. The number of para-hydroxylation sites is 1. The quantitative estimate of drug-likeness (QED) is 0.618. The number of nitrogens with zero attached hydrogens (tertiary/aromatic N) is 2. The number of aromatic nitrogens is 2. The van der Waals surface area contributed by atoms with Gasteiger partial charge >= 0.3 is 0 Å². The highest BCUT2D eigenvalue weighted by atomic mass is 32.1. The van der Waals surface area contributed by atoms with Gasteiger partial charge in [0.2, 0.25) is 0 Å². The third-order valence-corrected chi connectivity index (χ3v) is 3.24. The maximum Gasteiger partial charge on any atom is 0.126 e. The highest BCUT2D eigenvalue weighted by Gasteiger charge is 2.04. The Morgan fingerprint density at radius 2 is 2.07 bits per heavy atom. The molecular formula is C12H7N2S. The summed E-state index contributed by atoms with van der Waals surface area (Å²) in [5, 5.41) is 1.01. The zero-order chi connectivity index (χ0) is 10.1. The zero-order valence-corrected chi connectivity index (χ0v) is 8.66. The molecule has 1 aromatic carbocycles. The van der Waals surface area contributed by atoms with Crippen molar-refractivity contribution in [2.45, 2.75) is 0 Å². The molecule has 15 heavy (non-hydrogen) atoms. The molecule has 3 rings (SSSR count). The van der Waals surface area contributed by atoms with Crippen LogP contribution in [-0.4, -0.2) is 9.97 Å². The first-order valence-electron chi connectivity index (χ1n) is 4.61. The van der Waals surface area contributed by atoms with E-state index in [0.29, 0.717) is 0 Å². The fourth-order valence-electron chi connectivity index (χ4n) is 1.44. The van der Waals surface area contributed by atoms with Crippen LogP contribution in [0.25, 0.3) is 20.8 Å². The molecule has 0 saturated carbocycles. The van der Waals surface area contributed by atoms with E-state index in [4.69, 9.17) is 0 Å². The van der Waals surface area contributed by atoms with Crippen LogP contribution < -0.4 is 0 Å². The van der Waals surface area contributed by atoms with Crippen LogP contribution in [0, 0.1) is 6.20 Å². The lowest BCUT2D eigenvalue weighted by Crippen LogP contribution is -1.76. The highest BCUT2D eigenvalue weighted by Crippen LogP contribution is 2.28. The van der Waals surface area contributed by atoms with Crippen molar-refractivity contribution in [3.63, 3.8) is 0 Å². The van der Waals surface area contributed by atoms with E-state index in [9.17, 15) is 0 Å². The third-order valence-electron chi connectivity index (χ3n) is 2.16. The molecule has 71 valence electrons. The van der Waals surface area contributed by atoms with Gasteiger partial charge in [0.1, 0.15) is 5.01 Å². The first-order valence-corrected chi connectivity index (χ1v) is 5.43. The maximum absolute atomic E-state index is 4.55. The number of benzene rings is 1. The van der Waals surface area contributed by atoms with Gasteiger partial charge < -0.3 is 0 Å². The van der Waals surface area contributed by atoms with Gasteiger partial charge in [0.15, 0.2) is 0 Å². The van der Waals surface area contributed by atoms with Gasteiger partial charge in [0, 0.05) is 11.8 Å². The second kappa shape index (κ2) is 3.44. The predicted octanol–water partition coefficient (Wildman–Crippen LogP) is 3.16. The number of pyridine rings is 1. The number of hydrogen-bond donors (Lipinski definition) is 0.